The average molecular weight is 450 g/mol. The molecule has 8 nitrogen and oxygen atoms in total. The Morgan fingerprint density at radius 1 is 1.06 bits per heavy atom. The molecule has 0 heterocycles. The molecule has 0 spiro atoms. The molecule has 0 bridgehead atoms. The molecule has 1 atom stereocenters. The predicted octanol–water partition coefficient (Wildman–Crippen LogP) is 4.33. The van der Waals surface area contributed by atoms with E-state index < -0.39 is 28.2 Å². The van der Waals surface area contributed by atoms with Crippen molar-refractivity contribution in [3.8, 4) is 5.75 Å². The van der Waals surface area contributed by atoms with Gasteiger partial charge in [0.1, 0.15) is 5.75 Å². The normalized spacial score (nSPS) is 12.0. The van der Waals surface area contributed by atoms with Crippen LogP contribution in [0.1, 0.15) is 30.4 Å². The van der Waals surface area contributed by atoms with Crippen molar-refractivity contribution in [3.05, 3.63) is 68.7 Å². The molecule has 2 aromatic carbocycles. The minimum absolute atomic E-state index is 0.0265. The lowest BCUT2D eigenvalue weighted by atomic mass is 9.67. The molecule has 2 rings (SSSR count). The lowest BCUT2D eigenvalue weighted by Gasteiger charge is -2.35. The van der Waals surface area contributed by atoms with Crippen LogP contribution in [-0.4, -0.2) is 38.2 Å². The average Bonchev–Trinajstić information content (AvgIpc) is 2.78. The predicted molar refractivity (Wildman–Crippen MR) is 114 cm³/mol. The molecule has 166 valence electrons. The van der Waals surface area contributed by atoms with E-state index in [2.05, 4.69) is 0 Å². The van der Waals surface area contributed by atoms with Crippen LogP contribution in [0.5, 0.6) is 5.75 Å². The summed E-state index contributed by atoms with van der Waals surface area (Å²) in [6.45, 7) is 1.66. The second kappa shape index (κ2) is 10.3. The van der Waals surface area contributed by atoms with Crippen LogP contribution in [-0.2, 0) is 25.5 Å². The van der Waals surface area contributed by atoms with Crippen molar-refractivity contribution in [2.75, 3.05) is 21.3 Å². The summed E-state index contributed by atoms with van der Waals surface area (Å²) in [7, 11) is 3.88. The van der Waals surface area contributed by atoms with Gasteiger partial charge in [-0.15, -0.1) is 0 Å². The Hall–Kier alpha value is -3.13. The van der Waals surface area contributed by atoms with Crippen LogP contribution >= 0.6 is 11.6 Å². The van der Waals surface area contributed by atoms with Gasteiger partial charge in [-0.2, -0.15) is 0 Å². The summed E-state index contributed by atoms with van der Waals surface area (Å²) in [5, 5.41) is 11.9. The number of esters is 2. The first-order valence-corrected chi connectivity index (χ1v) is 9.86. The molecule has 2 aromatic rings. The Bertz CT molecular complexity index is 943. The number of hydrogen-bond donors (Lipinski definition) is 0. The van der Waals surface area contributed by atoms with Crippen molar-refractivity contribution in [1.82, 2.24) is 0 Å². The monoisotopic (exact) mass is 449 g/mol. The highest BCUT2D eigenvalue weighted by atomic mass is 35.5. The van der Waals surface area contributed by atoms with Gasteiger partial charge in [-0.05, 0) is 42.7 Å². The van der Waals surface area contributed by atoms with E-state index in [9.17, 15) is 19.7 Å². The smallest absolute Gasteiger partial charge is 0.323 e. The molecule has 0 aromatic heterocycles. The van der Waals surface area contributed by atoms with Gasteiger partial charge in [-0.25, -0.2) is 0 Å². The summed E-state index contributed by atoms with van der Waals surface area (Å²) < 4.78 is 15.2. The highest BCUT2D eigenvalue weighted by molar-refractivity contribution is 6.30. The Morgan fingerprint density at radius 2 is 1.65 bits per heavy atom. The third-order valence-corrected chi connectivity index (χ3v) is 5.67. The van der Waals surface area contributed by atoms with Crippen LogP contribution < -0.4 is 4.74 Å². The van der Waals surface area contributed by atoms with E-state index in [-0.39, 0.29) is 24.1 Å². The van der Waals surface area contributed by atoms with Gasteiger partial charge in [-0.3, -0.25) is 19.7 Å². The topological polar surface area (TPSA) is 105 Å². The Balaban J connectivity index is 2.76. The molecule has 1 unspecified atom stereocenters. The van der Waals surface area contributed by atoms with Gasteiger partial charge in [-0.1, -0.05) is 30.7 Å². The zero-order valence-electron chi connectivity index (χ0n) is 17.7. The molecule has 0 N–H and O–H groups in total. The van der Waals surface area contributed by atoms with Gasteiger partial charge >= 0.3 is 11.9 Å². The van der Waals surface area contributed by atoms with Crippen molar-refractivity contribution >= 4 is 29.2 Å². The summed E-state index contributed by atoms with van der Waals surface area (Å²) in [6.07, 6.45) is 0.0264. The van der Waals surface area contributed by atoms with Crippen molar-refractivity contribution < 1.29 is 28.7 Å². The Morgan fingerprint density at radius 3 is 2.10 bits per heavy atom. The molecular weight excluding hydrogens is 426 g/mol. The fourth-order valence-corrected chi connectivity index (χ4v) is 3.99. The van der Waals surface area contributed by atoms with Crippen LogP contribution in [0.4, 0.5) is 5.69 Å². The maximum Gasteiger partial charge on any atom is 0.323 e. The first kappa shape index (κ1) is 24.1. The SMILES string of the molecule is CCC(C(=O)OC)(C(=O)OC)C(Cc1cc(Cl)ccc1[N+](=O)[O-])c1ccc(OC)cc1. The molecule has 0 saturated carbocycles. The number of nitro groups is 1. The molecule has 0 saturated heterocycles. The zero-order valence-corrected chi connectivity index (χ0v) is 18.5. The number of ether oxygens (including phenoxy) is 3. The number of hydrogen-bond acceptors (Lipinski definition) is 7. The highest BCUT2D eigenvalue weighted by Crippen LogP contribution is 2.45. The fourth-order valence-electron chi connectivity index (χ4n) is 3.80. The molecule has 9 heteroatoms. The molecule has 0 aliphatic carbocycles. The van der Waals surface area contributed by atoms with Crippen LogP contribution in [0.2, 0.25) is 5.02 Å². The second-order valence-corrected chi connectivity index (χ2v) is 7.30. The quantitative estimate of drug-likeness (QED) is 0.243. The minimum Gasteiger partial charge on any atom is -0.497 e. The largest absolute Gasteiger partial charge is 0.497 e. The number of carbonyl (C=O) groups excluding carboxylic acids is 2. The van der Waals surface area contributed by atoms with Crippen LogP contribution in [0.25, 0.3) is 0 Å². The van der Waals surface area contributed by atoms with Gasteiger partial charge in [0.15, 0.2) is 5.41 Å². The van der Waals surface area contributed by atoms with Crippen molar-refractivity contribution in [3.63, 3.8) is 0 Å². The number of benzene rings is 2. The van der Waals surface area contributed by atoms with Crippen LogP contribution in [0.15, 0.2) is 42.5 Å². The van der Waals surface area contributed by atoms with E-state index in [1.807, 2.05) is 0 Å². The number of nitro benzene ring substituents is 1. The van der Waals surface area contributed by atoms with Crippen molar-refractivity contribution in [2.45, 2.75) is 25.7 Å². The molecule has 0 aliphatic heterocycles. The molecule has 0 radical (unpaired) electrons. The summed E-state index contributed by atoms with van der Waals surface area (Å²) in [5.74, 6) is -1.82. The van der Waals surface area contributed by atoms with E-state index in [1.165, 1.54) is 39.5 Å². The standard InChI is InChI=1S/C22H24ClNO7/c1-5-22(20(25)30-3,21(26)31-4)18(14-6-9-17(29-2)10-7-14)13-15-12-16(23)8-11-19(15)24(27)28/h6-12,18H,5,13H2,1-4H3. The maximum absolute atomic E-state index is 13.0. The number of carbonyl (C=O) groups is 2. The lowest BCUT2D eigenvalue weighted by molar-refractivity contribution is -0.385. The van der Waals surface area contributed by atoms with Crippen LogP contribution in [0.3, 0.4) is 0 Å². The second-order valence-electron chi connectivity index (χ2n) is 6.87. The number of halogens is 1. The third-order valence-electron chi connectivity index (χ3n) is 5.43. The van der Waals surface area contributed by atoms with E-state index in [0.717, 1.165) is 0 Å². The van der Waals surface area contributed by atoms with Gasteiger partial charge in [0.05, 0.1) is 26.3 Å². The van der Waals surface area contributed by atoms with E-state index in [1.54, 1.807) is 31.2 Å². The zero-order chi connectivity index (χ0) is 23.2. The Kier molecular flexibility index (Phi) is 7.99. The summed E-state index contributed by atoms with van der Waals surface area (Å²) in [5.41, 5.74) is -1.02. The van der Waals surface area contributed by atoms with E-state index in [4.69, 9.17) is 25.8 Å². The minimum atomic E-state index is -1.73. The van der Waals surface area contributed by atoms with Gasteiger partial charge < -0.3 is 14.2 Å². The number of rotatable bonds is 9. The Labute approximate surface area is 185 Å². The maximum atomic E-state index is 13.0. The molecule has 0 aliphatic rings. The van der Waals surface area contributed by atoms with E-state index in [0.29, 0.717) is 16.3 Å². The third kappa shape index (κ3) is 4.80. The fraction of sp³-hybridized carbons (Fsp3) is 0.364. The van der Waals surface area contributed by atoms with E-state index >= 15 is 0 Å². The van der Waals surface area contributed by atoms with Gasteiger partial charge in [0, 0.05) is 22.6 Å². The first-order valence-electron chi connectivity index (χ1n) is 9.48. The number of nitrogens with zero attached hydrogens (tertiary/aromatic N) is 1. The lowest BCUT2D eigenvalue weighted by Crippen LogP contribution is -2.46. The van der Waals surface area contributed by atoms with Crippen LogP contribution in [0, 0.1) is 15.5 Å². The van der Waals surface area contributed by atoms with Gasteiger partial charge in [0.2, 0.25) is 0 Å². The molecule has 0 fully saturated rings. The molecule has 31 heavy (non-hydrogen) atoms. The highest BCUT2D eigenvalue weighted by Gasteiger charge is 2.54. The summed E-state index contributed by atoms with van der Waals surface area (Å²) in [6, 6.07) is 11.0. The number of methoxy groups -OCH3 is 3. The summed E-state index contributed by atoms with van der Waals surface area (Å²) >= 11 is 6.10. The van der Waals surface area contributed by atoms with Crippen molar-refractivity contribution in [2.24, 2.45) is 5.41 Å². The summed E-state index contributed by atoms with van der Waals surface area (Å²) in [4.78, 5) is 37.0. The van der Waals surface area contributed by atoms with Crippen molar-refractivity contribution in [1.29, 1.82) is 0 Å². The van der Waals surface area contributed by atoms with Gasteiger partial charge in [0.25, 0.3) is 5.69 Å². The molecular formula is C22H24ClNO7. The first-order chi connectivity index (χ1) is 14.7. The molecule has 0 amide bonds.